The summed E-state index contributed by atoms with van der Waals surface area (Å²) in [6.45, 7) is 3.05. The molecule has 0 spiro atoms. The van der Waals surface area contributed by atoms with E-state index in [4.69, 9.17) is 49.0 Å². The van der Waals surface area contributed by atoms with Gasteiger partial charge in [0.1, 0.15) is 11.3 Å². The standard InChI is InChI=1S/C26H24Cl3N3O4/c1-15(2)36-26(33)35-14-34-25-18(13-20(28)16-8-6-12-31-24(16)25)23(32-21-10-3-4-11-30-21)17-7-5-9-19(27)22(17)29/h5-13,15,23,32H,3-4,14H2,1-2H3. The molecule has 2 heterocycles. The van der Waals surface area contributed by atoms with Gasteiger partial charge in [0.2, 0.25) is 6.79 Å². The minimum Gasteiger partial charge on any atom is -0.455 e. The molecule has 0 aliphatic carbocycles. The van der Waals surface area contributed by atoms with Gasteiger partial charge in [0.05, 0.1) is 27.2 Å². The fourth-order valence-corrected chi connectivity index (χ4v) is 4.43. The molecule has 1 aliphatic rings. The summed E-state index contributed by atoms with van der Waals surface area (Å²) >= 11 is 19.7. The van der Waals surface area contributed by atoms with Crippen LogP contribution in [-0.2, 0) is 9.47 Å². The Morgan fingerprint density at radius 1 is 1.08 bits per heavy atom. The Kier molecular flexibility index (Phi) is 8.56. The van der Waals surface area contributed by atoms with Gasteiger partial charge in [-0.25, -0.2) is 9.79 Å². The molecule has 0 fully saturated rings. The van der Waals surface area contributed by atoms with Crippen molar-refractivity contribution >= 4 is 58.1 Å². The summed E-state index contributed by atoms with van der Waals surface area (Å²) in [4.78, 5) is 20.9. The summed E-state index contributed by atoms with van der Waals surface area (Å²) in [6, 6.07) is 10.2. The van der Waals surface area contributed by atoms with E-state index in [1.54, 1.807) is 38.2 Å². The predicted molar refractivity (Wildman–Crippen MR) is 142 cm³/mol. The van der Waals surface area contributed by atoms with Crippen molar-refractivity contribution in [3.63, 3.8) is 0 Å². The van der Waals surface area contributed by atoms with Gasteiger partial charge in [-0.2, -0.15) is 0 Å². The number of carbonyl (C=O) groups is 1. The van der Waals surface area contributed by atoms with Crippen LogP contribution in [0.3, 0.4) is 0 Å². The Morgan fingerprint density at radius 3 is 2.67 bits per heavy atom. The first-order valence-corrected chi connectivity index (χ1v) is 12.4. The summed E-state index contributed by atoms with van der Waals surface area (Å²) in [5.41, 5.74) is 1.78. The van der Waals surface area contributed by atoms with E-state index in [0.717, 1.165) is 12.8 Å². The van der Waals surface area contributed by atoms with Crippen LogP contribution in [0.5, 0.6) is 5.75 Å². The third kappa shape index (κ3) is 6.03. The molecule has 188 valence electrons. The fraction of sp³-hybridized carbons (Fsp3) is 0.269. The predicted octanol–water partition coefficient (Wildman–Crippen LogP) is 7.48. The average molecular weight is 549 g/mol. The summed E-state index contributed by atoms with van der Waals surface area (Å²) in [6.07, 6.45) is 6.01. The van der Waals surface area contributed by atoms with Crippen molar-refractivity contribution < 1.29 is 19.0 Å². The van der Waals surface area contributed by atoms with Crippen LogP contribution >= 0.6 is 34.8 Å². The molecule has 1 N–H and O–H groups in total. The van der Waals surface area contributed by atoms with Crippen LogP contribution in [0.1, 0.15) is 43.9 Å². The van der Waals surface area contributed by atoms with Crippen LogP contribution < -0.4 is 10.1 Å². The molecule has 0 amide bonds. The van der Waals surface area contributed by atoms with Crippen molar-refractivity contribution in [3.05, 3.63) is 80.7 Å². The van der Waals surface area contributed by atoms with Gasteiger partial charge >= 0.3 is 6.16 Å². The molecule has 4 rings (SSSR count). The Hall–Kier alpha value is -3.00. The molecular weight excluding hydrogens is 525 g/mol. The first-order chi connectivity index (χ1) is 17.3. The maximum absolute atomic E-state index is 11.9. The maximum Gasteiger partial charge on any atom is 0.511 e. The molecule has 3 aromatic rings. The van der Waals surface area contributed by atoms with Crippen molar-refractivity contribution in [1.82, 2.24) is 10.3 Å². The molecule has 2 aromatic carbocycles. The van der Waals surface area contributed by atoms with Gasteiger partial charge in [0.15, 0.2) is 5.75 Å². The third-order valence-electron chi connectivity index (χ3n) is 5.30. The highest BCUT2D eigenvalue weighted by Gasteiger charge is 2.26. The van der Waals surface area contributed by atoms with E-state index in [2.05, 4.69) is 15.3 Å². The lowest BCUT2D eigenvalue weighted by Gasteiger charge is -2.26. The van der Waals surface area contributed by atoms with Gasteiger partial charge in [0, 0.05) is 23.4 Å². The molecular formula is C26H24Cl3N3O4. The molecule has 10 heteroatoms. The summed E-state index contributed by atoms with van der Waals surface area (Å²) in [5, 5.41) is 5.34. The smallest absolute Gasteiger partial charge is 0.455 e. The summed E-state index contributed by atoms with van der Waals surface area (Å²) in [7, 11) is 0. The van der Waals surface area contributed by atoms with E-state index < -0.39 is 19.0 Å². The number of carbonyl (C=O) groups excluding carboxylic acids is 1. The van der Waals surface area contributed by atoms with Gasteiger partial charge in [0.25, 0.3) is 0 Å². The third-order valence-corrected chi connectivity index (χ3v) is 6.44. The molecule has 0 saturated carbocycles. The van der Waals surface area contributed by atoms with E-state index in [9.17, 15) is 4.79 Å². The maximum atomic E-state index is 11.9. The van der Waals surface area contributed by atoms with Crippen LogP contribution in [0.4, 0.5) is 4.79 Å². The van der Waals surface area contributed by atoms with E-state index in [1.807, 2.05) is 30.5 Å². The molecule has 7 nitrogen and oxygen atoms in total. The van der Waals surface area contributed by atoms with Crippen molar-refractivity contribution in [2.45, 2.75) is 38.8 Å². The highest BCUT2D eigenvalue weighted by Crippen LogP contribution is 2.42. The lowest BCUT2D eigenvalue weighted by molar-refractivity contribution is -0.00812. The van der Waals surface area contributed by atoms with E-state index in [0.29, 0.717) is 48.7 Å². The van der Waals surface area contributed by atoms with Crippen molar-refractivity contribution in [2.24, 2.45) is 4.99 Å². The number of hydrogen-bond acceptors (Lipinski definition) is 7. The number of ether oxygens (including phenoxy) is 3. The Morgan fingerprint density at radius 2 is 1.92 bits per heavy atom. The Bertz CT molecular complexity index is 1330. The fourth-order valence-electron chi connectivity index (χ4n) is 3.75. The number of benzene rings is 2. The second kappa shape index (κ2) is 11.8. The van der Waals surface area contributed by atoms with E-state index in [-0.39, 0.29) is 6.10 Å². The lowest BCUT2D eigenvalue weighted by Crippen LogP contribution is -2.24. The van der Waals surface area contributed by atoms with Crippen LogP contribution in [0.15, 0.2) is 59.5 Å². The molecule has 0 bridgehead atoms. The molecule has 1 aliphatic heterocycles. The van der Waals surface area contributed by atoms with Gasteiger partial charge in [-0.3, -0.25) is 4.98 Å². The number of pyridine rings is 1. The first kappa shape index (κ1) is 26.1. The van der Waals surface area contributed by atoms with E-state index >= 15 is 0 Å². The normalized spacial score (nSPS) is 13.9. The minimum absolute atomic E-state index is 0.325. The molecule has 1 unspecified atom stereocenters. The second-order valence-corrected chi connectivity index (χ2v) is 9.39. The Balaban J connectivity index is 1.82. The minimum atomic E-state index is -0.841. The number of rotatable bonds is 8. The van der Waals surface area contributed by atoms with Gasteiger partial charge in [-0.05, 0) is 62.6 Å². The number of fused-ring (bicyclic) bond motifs is 1. The topological polar surface area (TPSA) is 82.0 Å². The molecule has 1 atom stereocenters. The van der Waals surface area contributed by atoms with Crippen molar-refractivity contribution in [2.75, 3.05) is 6.79 Å². The number of allylic oxidation sites excluding steroid dienone is 1. The largest absolute Gasteiger partial charge is 0.511 e. The average Bonchev–Trinajstić information content (AvgIpc) is 2.86. The zero-order valence-corrected chi connectivity index (χ0v) is 21.9. The SMILES string of the molecule is CC(C)OC(=O)OCOc1c(C(NC2=CCCC=N2)c2cccc(Cl)c2Cl)cc(Cl)c2cccnc12. The quantitative estimate of drug-likeness (QED) is 0.232. The first-order valence-electron chi connectivity index (χ1n) is 11.3. The van der Waals surface area contributed by atoms with Crippen molar-refractivity contribution in [3.8, 4) is 5.75 Å². The molecule has 1 aromatic heterocycles. The van der Waals surface area contributed by atoms with Crippen LogP contribution in [0, 0.1) is 0 Å². The zero-order valence-electron chi connectivity index (χ0n) is 19.6. The highest BCUT2D eigenvalue weighted by atomic mass is 35.5. The van der Waals surface area contributed by atoms with Gasteiger partial charge in [-0.1, -0.05) is 46.9 Å². The summed E-state index contributed by atoms with van der Waals surface area (Å²) in [5.74, 6) is 1.03. The lowest BCUT2D eigenvalue weighted by atomic mass is 9.95. The van der Waals surface area contributed by atoms with Crippen LogP contribution in [-0.4, -0.2) is 30.3 Å². The molecule has 0 radical (unpaired) electrons. The van der Waals surface area contributed by atoms with Crippen LogP contribution in [0.2, 0.25) is 15.1 Å². The van der Waals surface area contributed by atoms with Crippen LogP contribution in [0.25, 0.3) is 10.9 Å². The second-order valence-electron chi connectivity index (χ2n) is 8.20. The van der Waals surface area contributed by atoms with Gasteiger partial charge in [-0.15, -0.1) is 0 Å². The van der Waals surface area contributed by atoms with Gasteiger partial charge < -0.3 is 19.5 Å². The summed E-state index contributed by atoms with van der Waals surface area (Å²) < 4.78 is 16.1. The number of hydrogen-bond donors (Lipinski definition) is 1. The molecule has 0 saturated heterocycles. The number of nitrogens with one attached hydrogen (secondary N) is 1. The number of halogens is 3. The monoisotopic (exact) mass is 547 g/mol. The number of aromatic nitrogens is 1. The zero-order chi connectivity index (χ0) is 25.7. The Labute approximate surface area is 224 Å². The van der Waals surface area contributed by atoms with E-state index in [1.165, 1.54) is 0 Å². The number of nitrogens with zero attached hydrogens (tertiary/aromatic N) is 2. The highest BCUT2D eigenvalue weighted by molar-refractivity contribution is 6.42. The number of aliphatic imine (C=N–C) groups is 1. The molecule has 36 heavy (non-hydrogen) atoms. The van der Waals surface area contributed by atoms with Crippen molar-refractivity contribution in [1.29, 1.82) is 0 Å².